The second-order valence-corrected chi connectivity index (χ2v) is 7.52. The van der Waals surface area contributed by atoms with E-state index in [1.54, 1.807) is 6.07 Å². The quantitative estimate of drug-likeness (QED) is 0.873. The number of sulfone groups is 1. The van der Waals surface area contributed by atoms with Gasteiger partial charge in [0.05, 0.1) is 22.1 Å². The number of benzene rings is 2. The number of ether oxygens (including phenoxy) is 2. The number of halogens is 3. The van der Waals surface area contributed by atoms with Crippen molar-refractivity contribution in [2.45, 2.75) is 17.1 Å². The number of alkyl halides is 2. The van der Waals surface area contributed by atoms with Gasteiger partial charge in [-0.15, -0.1) is 0 Å². The third-order valence-corrected chi connectivity index (χ3v) is 4.73. The number of fused-ring (bicyclic) bond motifs is 1. The summed E-state index contributed by atoms with van der Waals surface area (Å²) in [6.07, 6.45) is -5.80. The Balaban J connectivity index is 2.15. The summed E-state index contributed by atoms with van der Waals surface area (Å²) in [7, 11) is -3.95. The molecule has 0 spiro atoms. The Morgan fingerprint density at radius 1 is 1.31 bits per heavy atom. The summed E-state index contributed by atoms with van der Waals surface area (Å²) in [5.74, 6) is -2.02. The number of hydrogen-bond donors (Lipinski definition) is 1. The van der Waals surface area contributed by atoms with Crippen LogP contribution in [-0.4, -0.2) is 25.9 Å². The van der Waals surface area contributed by atoms with Gasteiger partial charge < -0.3 is 14.6 Å². The molecule has 0 fully saturated rings. The van der Waals surface area contributed by atoms with Crippen LogP contribution >= 0.6 is 0 Å². The van der Waals surface area contributed by atoms with E-state index in [1.165, 1.54) is 0 Å². The summed E-state index contributed by atoms with van der Waals surface area (Å²) in [5, 5.41) is 18.6. The maximum Gasteiger partial charge on any atom is 0.429 e. The molecule has 26 heavy (non-hydrogen) atoms. The predicted octanol–water partition coefficient (Wildman–Crippen LogP) is 2.91. The molecule has 1 N–H and O–H groups in total. The van der Waals surface area contributed by atoms with Crippen LogP contribution in [0.2, 0.25) is 0 Å². The van der Waals surface area contributed by atoms with E-state index in [0.717, 1.165) is 36.6 Å². The normalized spacial score (nSPS) is 17.9. The van der Waals surface area contributed by atoms with Crippen LogP contribution < -0.4 is 9.47 Å². The Morgan fingerprint density at radius 2 is 2.00 bits per heavy atom. The lowest BCUT2D eigenvalue weighted by atomic mass is 10.1. The van der Waals surface area contributed by atoms with E-state index >= 15 is 0 Å². The lowest BCUT2D eigenvalue weighted by Gasteiger charge is -2.12. The largest absolute Gasteiger partial charge is 0.453 e. The Kier molecular flexibility index (Phi) is 4.09. The van der Waals surface area contributed by atoms with Gasteiger partial charge in [-0.3, -0.25) is 0 Å². The fourth-order valence-electron chi connectivity index (χ4n) is 2.50. The molecular weight excluding hydrogens is 375 g/mol. The number of aliphatic hydroxyl groups is 1. The van der Waals surface area contributed by atoms with Gasteiger partial charge in [0.25, 0.3) is 0 Å². The number of nitriles is 1. The molecule has 1 atom stereocenters. The maximum atomic E-state index is 13.8. The van der Waals surface area contributed by atoms with E-state index in [2.05, 4.69) is 4.74 Å². The van der Waals surface area contributed by atoms with Crippen molar-refractivity contribution >= 4 is 9.84 Å². The van der Waals surface area contributed by atoms with Gasteiger partial charge in [-0.25, -0.2) is 12.8 Å². The van der Waals surface area contributed by atoms with Crippen LogP contribution in [0.4, 0.5) is 13.2 Å². The van der Waals surface area contributed by atoms with Gasteiger partial charge in [0.1, 0.15) is 11.6 Å². The molecule has 0 amide bonds. The summed E-state index contributed by atoms with van der Waals surface area (Å²) >= 11 is 0. The van der Waals surface area contributed by atoms with Crippen LogP contribution in [-0.2, 0) is 9.84 Å². The van der Waals surface area contributed by atoms with Gasteiger partial charge in [0.15, 0.2) is 27.4 Å². The first-order valence-corrected chi connectivity index (χ1v) is 8.92. The molecule has 0 saturated carbocycles. The molecule has 2 aromatic carbocycles. The molecule has 6 nitrogen and oxygen atoms in total. The minimum Gasteiger partial charge on any atom is -0.453 e. The van der Waals surface area contributed by atoms with E-state index in [1.807, 2.05) is 0 Å². The van der Waals surface area contributed by atoms with Crippen molar-refractivity contribution in [2.75, 3.05) is 6.26 Å². The van der Waals surface area contributed by atoms with Gasteiger partial charge in [0.2, 0.25) is 0 Å². The molecule has 1 aliphatic heterocycles. The molecule has 2 aromatic rings. The van der Waals surface area contributed by atoms with Gasteiger partial charge in [-0.05, 0) is 24.3 Å². The third kappa shape index (κ3) is 3.07. The topological polar surface area (TPSA) is 96.6 Å². The molecule has 1 aliphatic rings. The van der Waals surface area contributed by atoms with Crippen molar-refractivity contribution in [1.29, 1.82) is 5.26 Å². The minimum absolute atomic E-state index is 0.0734. The van der Waals surface area contributed by atoms with Crippen LogP contribution in [0.25, 0.3) is 0 Å². The predicted molar refractivity (Wildman–Crippen MR) is 81.3 cm³/mol. The van der Waals surface area contributed by atoms with Gasteiger partial charge in [-0.2, -0.15) is 14.0 Å². The van der Waals surface area contributed by atoms with E-state index in [4.69, 9.17) is 10.00 Å². The van der Waals surface area contributed by atoms with E-state index in [-0.39, 0.29) is 17.1 Å². The lowest BCUT2D eigenvalue weighted by molar-refractivity contribution is -0.224. The molecule has 1 heterocycles. The van der Waals surface area contributed by atoms with Crippen LogP contribution in [0.3, 0.4) is 0 Å². The van der Waals surface area contributed by atoms with Crippen molar-refractivity contribution in [1.82, 2.24) is 0 Å². The highest BCUT2D eigenvalue weighted by atomic mass is 32.2. The summed E-state index contributed by atoms with van der Waals surface area (Å²) in [5.41, 5.74) is -0.720. The summed E-state index contributed by atoms with van der Waals surface area (Å²) in [6.45, 7) is 0. The Bertz CT molecular complexity index is 1050. The highest BCUT2D eigenvalue weighted by Gasteiger charge is 2.53. The second-order valence-electron chi connectivity index (χ2n) is 5.53. The molecule has 136 valence electrons. The monoisotopic (exact) mass is 385 g/mol. The van der Waals surface area contributed by atoms with Crippen molar-refractivity contribution in [3.8, 4) is 23.3 Å². The Morgan fingerprint density at radius 3 is 2.62 bits per heavy atom. The zero-order valence-corrected chi connectivity index (χ0v) is 13.9. The average molecular weight is 385 g/mol. The highest BCUT2D eigenvalue weighted by Crippen LogP contribution is 2.52. The number of hydrogen-bond acceptors (Lipinski definition) is 6. The minimum atomic E-state index is -4.07. The molecule has 0 bridgehead atoms. The van der Waals surface area contributed by atoms with E-state index < -0.39 is 44.1 Å². The first-order chi connectivity index (χ1) is 12.0. The Labute approximate surface area is 145 Å². The van der Waals surface area contributed by atoms with Crippen LogP contribution in [0, 0.1) is 17.1 Å². The standard InChI is InChI=1S/C16H10F3NO5S/c1-26(22,23)12-3-2-11(14-13(12)15(21)16(18,19)25-14)24-10-5-8(7-20)4-9(17)6-10/h2-6,15,21H,1H3/t15-/m0/s1. The molecule has 0 aromatic heterocycles. The third-order valence-electron chi connectivity index (χ3n) is 3.58. The SMILES string of the molecule is CS(=O)(=O)c1ccc(Oc2cc(F)cc(C#N)c2)c2c1[C@H](O)C(F)(F)O2. The van der Waals surface area contributed by atoms with Gasteiger partial charge in [-0.1, -0.05) is 0 Å². The lowest BCUT2D eigenvalue weighted by Crippen LogP contribution is -2.26. The summed E-state index contributed by atoms with van der Waals surface area (Å²) in [4.78, 5) is -0.540. The van der Waals surface area contributed by atoms with E-state index in [9.17, 15) is 26.7 Å². The van der Waals surface area contributed by atoms with Crippen molar-refractivity contribution in [3.05, 3.63) is 47.3 Å². The second kappa shape index (κ2) is 5.89. The average Bonchev–Trinajstić information content (AvgIpc) is 2.77. The van der Waals surface area contributed by atoms with E-state index in [0.29, 0.717) is 0 Å². The maximum absolute atomic E-state index is 13.8. The number of nitrogens with zero attached hydrogens (tertiary/aromatic N) is 1. The Hall–Kier alpha value is -2.77. The molecule has 0 radical (unpaired) electrons. The smallest absolute Gasteiger partial charge is 0.429 e. The van der Waals surface area contributed by atoms with Crippen molar-refractivity contribution in [3.63, 3.8) is 0 Å². The molecule has 0 unspecified atom stereocenters. The van der Waals surface area contributed by atoms with Crippen LogP contribution in [0.15, 0.2) is 35.2 Å². The molecule has 3 rings (SSSR count). The number of aliphatic hydroxyl groups excluding tert-OH is 1. The molecular formula is C16H10F3NO5S. The van der Waals surface area contributed by atoms with Gasteiger partial charge in [0, 0.05) is 12.3 Å². The zero-order valence-electron chi connectivity index (χ0n) is 13.0. The first-order valence-electron chi connectivity index (χ1n) is 7.03. The molecule has 0 saturated heterocycles. The number of rotatable bonds is 3. The zero-order chi connectivity index (χ0) is 19.3. The van der Waals surface area contributed by atoms with Crippen molar-refractivity contribution < 1.29 is 36.2 Å². The molecule has 10 heteroatoms. The van der Waals surface area contributed by atoms with Crippen molar-refractivity contribution in [2.24, 2.45) is 0 Å². The van der Waals surface area contributed by atoms with Crippen LogP contribution in [0.1, 0.15) is 17.2 Å². The summed E-state index contributed by atoms with van der Waals surface area (Å²) in [6, 6.07) is 6.72. The van der Waals surface area contributed by atoms with Gasteiger partial charge >= 0.3 is 6.11 Å². The highest BCUT2D eigenvalue weighted by molar-refractivity contribution is 7.90. The fourth-order valence-corrected chi connectivity index (χ4v) is 3.42. The fraction of sp³-hybridized carbons (Fsp3) is 0.188. The van der Waals surface area contributed by atoms with Crippen LogP contribution in [0.5, 0.6) is 17.2 Å². The summed E-state index contributed by atoms with van der Waals surface area (Å²) < 4.78 is 74.4. The molecule has 0 aliphatic carbocycles. The first kappa shape index (κ1) is 18.0.